The molecule has 1 aliphatic heterocycles. The van der Waals surface area contributed by atoms with E-state index in [1.54, 1.807) is 11.6 Å². The lowest BCUT2D eigenvalue weighted by molar-refractivity contribution is -0.192. The molecule has 9 heteroatoms. The molecule has 0 aromatic carbocycles. The molecule has 5 atom stereocenters. The Morgan fingerprint density at radius 1 is 1.28 bits per heavy atom. The van der Waals surface area contributed by atoms with Gasteiger partial charge in [0.1, 0.15) is 29.4 Å². The van der Waals surface area contributed by atoms with Crippen LogP contribution in [0.5, 0.6) is 0 Å². The first-order chi connectivity index (χ1) is 11.9. The van der Waals surface area contributed by atoms with Gasteiger partial charge in [-0.2, -0.15) is 0 Å². The summed E-state index contributed by atoms with van der Waals surface area (Å²) in [6, 6.07) is 0.276. The van der Waals surface area contributed by atoms with Crippen LogP contribution in [0.2, 0.25) is 0 Å². The third-order valence-corrected chi connectivity index (χ3v) is 4.99. The number of hydrogen-bond donors (Lipinski definition) is 3. The summed E-state index contributed by atoms with van der Waals surface area (Å²) in [5, 5.41) is 37.4. The van der Waals surface area contributed by atoms with E-state index in [4.69, 9.17) is 9.47 Å². The Kier molecular flexibility index (Phi) is 7.85. The van der Waals surface area contributed by atoms with Crippen molar-refractivity contribution >= 4 is 11.8 Å². The van der Waals surface area contributed by atoms with Crippen molar-refractivity contribution in [2.75, 3.05) is 12.4 Å². The molecule has 8 nitrogen and oxygen atoms in total. The Labute approximate surface area is 151 Å². The maximum Gasteiger partial charge on any atom is 0.132 e. The first kappa shape index (κ1) is 20.3. The van der Waals surface area contributed by atoms with Crippen molar-refractivity contribution < 1.29 is 24.8 Å². The van der Waals surface area contributed by atoms with E-state index in [-0.39, 0.29) is 6.04 Å². The minimum atomic E-state index is -1.19. The topological polar surface area (TPSA) is 110 Å². The maximum atomic E-state index is 9.91. The second kappa shape index (κ2) is 9.65. The second-order valence-electron chi connectivity index (χ2n) is 6.28. The molecule has 1 aliphatic rings. The quantitative estimate of drug-likeness (QED) is 0.446. The summed E-state index contributed by atoms with van der Waals surface area (Å²) in [5.41, 5.74) is 0.224. The standard InChI is InChI=1S/C16H27N3O5S/c1-10(2)19-8-12(17-18-19)9-23-6-4-5-7-25-16-15(22)14(21)13(20)11(3)24-16/h4-5,8,10-11,13-16,20-22H,6-7,9H2,1-3H3/b5-4-/t11?,13-,14+,15?,16+/m1/s1. The smallest absolute Gasteiger partial charge is 0.132 e. The monoisotopic (exact) mass is 373 g/mol. The Morgan fingerprint density at radius 3 is 2.72 bits per heavy atom. The van der Waals surface area contributed by atoms with E-state index in [2.05, 4.69) is 10.3 Å². The van der Waals surface area contributed by atoms with Crippen LogP contribution in [-0.4, -0.2) is 72.5 Å². The molecule has 2 heterocycles. The second-order valence-corrected chi connectivity index (χ2v) is 7.42. The molecule has 142 valence electrons. The number of aliphatic hydroxyl groups is 3. The Morgan fingerprint density at radius 2 is 2.04 bits per heavy atom. The molecule has 1 fully saturated rings. The molecule has 1 saturated heterocycles. The van der Waals surface area contributed by atoms with Crippen LogP contribution in [0.4, 0.5) is 0 Å². The first-order valence-corrected chi connectivity index (χ1v) is 9.39. The van der Waals surface area contributed by atoms with Crippen LogP contribution >= 0.6 is 11.8 Å². The van der Waals surface area contributed by atoms with Crippen LogP contribution in [0.25, 0.3) is 0 Å². The van der Waals surface area contributed by atoms with Crippen LogP contribution in [-0.2, 0) is 16.1 Å². The van der Waals surface area contributed by atoms with E-state index in [0.29, 0.717) is 19.0 Å². The fourth-order valence-corrected chi connectivity index (χ4v) is 3.35. The molecule has 0 amide bonds. The fourth-order valence-electron chi connectivity index (χ4n) is 2.30. The third-order valence-electron chi connectivity index (χ3n) is 3.88. The predicted molar refractivity (Wildman–Crippen MR) is 94.0 cm³/mol. The summed E-state index contributed by atoms with van der Waals surface area (Å²) in [5.74, 6) is 0.601. The molecule has 1 aromatic heterocycles. The molecular formula is C16H27N3O5S. The van der Waals surface area contributed by atoms with Crippen molar-refractivity contribution in [3.8, 4) is 0 Å². The Bertz CT molecular complexity index is 554. The normalized spacial score (nSPS) is 30.4. The lowest BCUT2D eigenvalue weighted by Gasteiger charge is -2.38. The van der Waals surface area contributed by atoms with Gasteiger partial charge < -0.3 is 24.8 Å². The van der Waals surface area contributed by atoms with E-state index in [0.717, 1.165) is 5.69 Å². The third kappa shape index (κ3) is 5.77. The van der Waals surface area contributed by atoms with Gasteiger partial charge in [0, 0.05) is 11.8 Å². The van der Waals surface area contributed by atoms with Gasteiger partial charge in [0.25, 0.3) is 0 Å². The van der Waals surface area contributed by atoms with Gasteiger partial charge in [-0.3, -0.25) is 0 Å². The predicted octanol–water partition coefficient (Wildman–Crippen LogP) is 0.492. The molecule has 25 heavy (non-hydrogen) atoms. The van der Waals surface area contributed by atoms with Crippen molar-refractivity contribution in [3.63, 3.8) is 0 Å². The van der Waals surface area contributed by atoms with Gasteiger partial charge in [-0.05, 0) is 20.8 Å². The summed E-state index contributed by atoms with van der Waals surface area (Å²) in [4.78, 5) is 0. The summed E-state index contributed by atoms with van der Waals surface area (Å²) < 4.78 is 12.8. The van der Waals surface area contributed by atoms with Crippen LogP contribution in [0.15, 0.2) is 18.3 Å². The highest BCUT2D eigenvalue weighted by atomic mass is 32.2. The zero-order valence-electron chi connectivity index (χ0n) is 14.7. The van der Waals surface area contributed by atoms with Crippen molar-refractivity contribution in [1.82, 2.24) is 15.0 Å². The van der Waals surface area contributed by atoms with Gasteiger partial charge in [-0.15, -0.1) is 16.9 Å². The minimum Gasteiger partial charge on any atom is -0.388 e. The summed E-state index contributed by atoms with van der Waals surface area (Å²) in [6.45, 7) is 6.59. The number of nitrogens with zero attached hydrogens (tertiary/aromatic N) is 3. The van der Waals surface area contributed by atoms with Crippen molar-refractivity contribution in [3.05, 3.63) is 24.0 Å². The highest BCUT2D eigenvalue weighted by Crippen LogP contribution is 2.28. The lowest BCUT2D eigenvalue weighted by atomic mass is 10.0. The molecule has 0 spiro atoms. The number of thioether (sulfide) groups is 1. The zero-order chi connectivity index (χ0) is 18.4. The minimum absolute atomic E-state index is 0.276. The largest absolute Gasteiger partial charge is 0.388 e. The number of ether oxygens (including phenoxy) is 2. The van der Waals surface area contributed by atoms with Crippen LogP contribution < -0.4 is 0 Å². The van der Waals surface area contributed by atoms with Gasteiger partial charge in [-0.25, -0.2) is 4.68 Å². The van der Waals surface area contributed by atoms with Gasteiger partial charge in [-0.1, -0.05) is 17.4 Å². The number of aliphatic hydroxyl groups excluding tert-OH is 3. The molecule has 0 bridgehead atoms. The van der Waals surface area contributed by atoms with Gasteiger partial charge in [0.2, 0.25) is 0 Å². The first-order valence-electron chi connectivity index (χ1n) is 8.35. The molecule has 1 aromatic rings. The fraction of sp³-hybridized carbons (Fsp3) is 0.750. The van der Waals surface area contributed by atoms with Crippen LogP contribution in [0.3, 0.4) is 0 Å². The van der Waals surface area contributed by atoms with Crippen molar-refractivity contribution in [2.24, 2.45) is 0 Å². The summed E-state index contributed by atoms with van der Waals surface area (Å²) in [7, 11) is 0. The molecule has 3 N–H and O–H groups in total. The highest BCUT2D eigenvalue weighted by molar-refractivity contribution is 7.99. The number of aromatic nitrogens is 3. The van der Waals surface area contributed by atoms with E-state index >= 15 is 0 Å². The van der Waals surface area contributed by atoms with E-state index in [9.17, 15) is 15.3 Å². The van der Waals surface area contributed by atoms with Crippen molar-refractivity contribution in [2.45, 2.75) is 63.3 Å². The average Bonchev–Trinajstić information content (AvgIpc) is 3.05. The van der Waals surface area contributed by atoms with Gasteiger partial charge in [0.15, 0.2) is 0 Å². The zero-order valence-corrected chi connectivity index (χ0v) is 15.5. The van der Waals surface area contributed by atoms with Gasteiger partial charge >= 0.3 is 0 Å². The van der Waals surface area contributed by atoms with E-state index in [1.165, 1.54) is 11.8 Å². The van der Waals surface area contributed by atoms with E-state index in [1.807, 2.05) is 32.2 Å². The van der Waals surface area contributed by atoms with Crippen molar-refractivity contribution in [1.29, 1.82) is 0 Å². The molecular weight excluding hydrogens is 346 g/mol. The van der Waals surface area contributed by atoms with Gasteiger partial charge in [0.05, 0.1) is 25.5 Å². The molecule has 2 unspecified atom stereocenters. The lowest BCUT2D eigenvalue weighted by Crippen LogP contribution is -2.55. The average molecular weight is 373 g/mol. The van der Waals surface area contributed by atoms with Crippen LogP contribution in [0.1, 0.15) is 32.5 Å². The summed E-state index contributed by atoms with van der Waals surface area (Å²) >= 11 is 1.36. The van der Waals surface area contributed by atoms with E-state index < -0.39 is 29.9 Å². The molecule has 0 radical (unpaired) electrons. The number of hydrogen-bond acceptors (Lipinski definition) is 8. The SMILES string of the molecule is CC1O[C@@H](SC/C=C\COCc2cn(C(C)C)nn2)C(O)[C@@H](O)[C@@H]1O. The highest BCUT2D eigenvalue weighted by Gasteiger charge is 2.41. The molecule has 2 rings (SSSR count). The molecule has 0 aliphatic carbocycles. The van der Waals surface area contributed by atoms with Crippen LogP contribution in [0, 0.1) is 0 Å². The maximum absolute atomic E-state index is 9.91. The summed E-state index contributed by atoms with van der Waals surface area (Å²) in [6.07, 6.45) is 1.79. The Hall–Kier alpha value is -0.970. The molecule has 0 saturated carbocycles. The number of rotatable bonds is 8. The Balaban J connectivity index is 1.63.